The molecule has 0 aliphatic heterocycles. The van der Waals surface area contributed by atoms with Gasteiger partial charge >= 0.3 is 0 Å². The molecular formula is C18H16O2. The molecule has 3 aromatic carbocycles. The second-order valence-corrected chi connectivity index (χ2v) is 4.63. The second kappa shape index (κ2) is 5.76. The average Bonchev–Trinajstić information content (AvgIpc) is 2.50. The molecule has 0 atom stereocenters. The molecule has 0 amide bonds. The highest BCUT2D eigenvalue weighted by molar-refractivity contribution is 6.02. The van der Waals surface area contributed by atoms with Crippen molar-refractivity contribution < 1.29 is 9.78 Å². The van der Waals surface area contributed by atoms with Gasteiger partial charge in [0.25, 0.3) is 0 Å². The van der Waals surface area contributed by atoms with Gasteiger partial charge in [0.15, 0.2) is 0 Å². The van der Waals surface area contributed by atoms with E-state index in [1.165, 1.54) is 27.8 Å². The molecule has 0 N–H and O–H groups in total. The summed E-state index contributed by atoms with van der Waals surface area (Å²) in [5.74, 6) is 0. The van der Waals surface area contributed by atoms with Crippen LogP contribution in [0, 0.1) is 0 Å². The standard InChI is InChI=1S/C18H16O2/c1-2-11-19-20-13-18-16-9-5-3-7-14(16)12-15-8-4-6-10-17(15)18/h2-12H,13H2,1H3. The fourth-order valence-electron chi connectivity index (χ4n) is 2.45. The lowest BCUT2D eigenvalue weighted by atomic mass is 9.97. The van der Waals surface area contributed by atoms with Gasteiger partial charge in [-0.3, -0.25) is 0 Å². The Morgan fingerprint density at radius 3 is 2.10 bits per heavy atom. The molecule has 0 aromatic heterocycles. The third-order valence-electron chi connectivity index (χ3n) is 3.35. The van der Waals surface area contributed by atoms with Gasteiger partial charge in [0.05, 0.1) is 0 Å². The Morgan fingerprint density at radius 1 is 0.900 bits per heavy atom. The fraction of sp³-hybridized carbons (Fsp3) is 0.111. The van der Waals surface area contributed by atoms with Gasteiger partial charge in [0.2, 0.25) is 0 Å². The fourth-order valence-corrected chi connectivity index (χ4v) is 2.45. The quantitative estimate of drug-likeness (QED) is 0.218. The number of hydrogen-bond acceptors (Lipinski definition) is 2. The van der Waals surface area contributed by atoms with Crippen LogP contribution in [0.25, 0.3) is 21.5 Å². The predicted molar refractivity (Wildman–Crippen MR) is 82.1 cm³/mol. The SMILES string of the molecule is CC=COOCc1c2ccccc2cc2ccccc12. The molecule has 0 spiro atoms. The van der Waals surface area contributed by atoms with Gasteiger partial charge in [-0.05, 0) is 46.2 Å². The Balaban J connectivity index is 2.12. The zero-order chi connectivity index (χ0) is 13.8. The van der Waals surface area contributed by atoms with E-state index in [-0.39, 0.29) is 0 Å². The maximum Gasteiger partial charge on any atom is 0.125 e. The number of hydrogen-bond donors (Lipinski definition) is 0. The summed E-state index contributed by atoms with van der Waals surface area (Å²) in [6.07, 6.45) is 3.33. The summed E-state index contributed by atoms with van der Waals surface area (Å²) in [6.45, 7) is 2.31. The Kier molecular flexibility index (Phi) is 3.66. The molecule has 0 heterocycles. The number of benzene rings is 3. The number of rotatable bonds is 4. The number of fused-ring (bicyclic) bond motifs is 2. The van der Waals surface area contributed by atoms with Crippen molar-refractivity contribution >= 4 is 21.5 Å². The van der Waals surface area contributed by atoms with Crippen LogP contribution in [0.15, 0.2) is 66.9 Å². The normalized spacial score (nSPS) is 11.4. The Bertz CT molecular complexity index is 706. The van der Waals surface area contributed by atoms with Gasteiger partial charge in [-0.25, -0.2) is 0 Å². The molecule has 0 aliphatic carbocycles. The van der Waals surface area contributed by atoms with Gasteiger partial charge < -0.3 is 4.89 Å². The third kappa shape index (κ3) is 2.38. The predicted octanol–water partition coefficient (Wildman–Crippen LogP) is 4.97. The molecule has 0 aliphatic rings. The summed E-state index contributed by atoms with van der Waals surface area (Å²) in [6, 6.07) is 18.9. The van der Waals surface area contributed by atoms with E-state index < -0.39 is 0 Å². The highest BCUT2D eigenvalue weighted by Gasteiger charge is 2.07. The first-order chi connectivity index (χ1) is 9.90. The minimum absolute atomic E-state index is 0.423. The van der Waals surface area contributed by atoms with Crippen molar-refractivity contribution in [3.05, 3.63) is 72.5 Å². The van der Waals surface area contributed by atoms with E-state index in [1.54, 1.807) is 6.08 Å². The van der Waals surface area contributed by atoms with Crippen LogP contribution < -0.4 is 0 Å². The Morgan fingerprint density at radius 2 is 1.50 bits per heavy atom. The Hall–Kier alpha value is -2.32. The summed E-state index contributed by atoms with van der Waals surface area (Å²) >= 11 is 0. The minimum Gasteiger partial charge on any atom is -0.346 e. The van der Waals surface area contributed by atoms with Crippen LogP contribution in [0.3, 0.4) is 0 Å². The molecule has 2 heteroatoms. The van der Waals surface area contributed by atoms with Gasteiger partial charge in [-0.2, -0.15) is 4.89 Å². The van der Waals surface area contributed by atoms with E-state index in [2.05, 4.69) is 42.5 Å². The first-order valence-electron chi connectivity index (χ1n) is 6.69. The van der Waals surface area contributed by atoms with E-state index in [0.29, 0.717) is 6.61 Å². The maximum atomic E-state index is 5.29. The molecule has 0 fully saturated rings. The maximum absolute atomic E-state index is 5.29. The molecule has 0 saturated carbocycles. The second-order valence-electron chi connectivity index (χ2n) is 4.63. The van der Waals surface area contributed by atoms with E-state index in [9.17, 15) is 0 Å². The van der Waals surface area contributed by atoms with Crippen LogP contribution in [-0.2, 0) is 16.4 Å². The largest absolute Gasteiger partial charge is 0.346 e. The molecule has 0 radical (unpaired) electrons. The van der Waals surface area contributed by atoms with E-state index >= 15 is 0 Å². The molecule has 3 aromatic rings. The first-order valence-corrected chi connectivity index (χ1v) is 6.69. The highest BCUT2D eigenvalue weighted by atomic mass is 17.2. The van der Waals surface area contributed by atoms with Gasteiger partial charge in [-0.1, -0.05) is 48.5 Å². The molecular weight excluding hydrogens is 248 g/mol. The smallest absolute Gasteiger partial charge is 0.125 e. The van der Waals surface area contributed by atoms with Crippen molar-refractivity contribution in [1.29, 1.82) is 0 Å². The summed E-state index contributed by atoms with van der Waals surface area (Å²) in [5.41, 5.74) is 1.16. The molecule has 3 rings (SSSR count). The lowest BCUT2D eigenvalue weighted by molar-refractivity contribution is -0.258. The highest BCUT2D eigenvalue weighted by Crippen LogP contribution is 2.28. The monoisotopic (exact) mass is 264 g/mol. The van der Waals surface area contributed by atoms with E-state index in [1.807, 2.05) is 19.1 Å². The zero-order valence-corrected chi connectivity index (χ0v) is 11.4. The van der Waals surface area contributed by atoms with Gasteiger partial charge in [0, 0.05) is 0 Å². The van der Waals surface area contributed by atoms with Crippen LogP contribution in [0.4, 0.5) is 0 Å². The summed E-state index contributed by atoms with van der Waals surface area (Å²) in [7, 11) is 0. The molecule has 0 saturated heterocycles. The van der Waals surface area contributed by atoms with Crippen molar-refractivity contribution in [2.45, 2.75) is 13.5 Å². The molecule has 0 bridgehead atoms. The van der Waals surface area contributed by atoms with Gasteiger partial charge in [0.1, 0.15) is 12.9 Å². The third-order valence-corrected chi connectivity index (χ3v) is 3.35. The number of allylic oxidation sites excluding steroid dienone is 1. The summed E-state index contributed by atoms with van der Waals surface area (Å²) in [5, 5.41) is 4.84. The first kappa shape index (κ1) is 12.7. The lowest BCUT2D eigenvalue weighted by Crippen LogP contribution is -1.94. The van der Waals surface area contributed by atoms with Crippen LogP contribution in [-0.4, -0.2) is 0 Å². The Labute approximate surface area is 118 Å². The summed E-state index contributed by atoms with van der Waals surface area (Å²) < 4.78 is 0. The van der Waals surface area contributed by atoms with Crippen molar-refractivity contribution in [2.24, 2.45) is 0 Å². The topological polar surface area (TPSA) is 18.5 Å². The van der Waals surface area contributed by atoms with Gasteiger partial charge in [-0.15, -0.1) is 0 Å². The van der Waals surface area contributed by atoms with Crippen molar-refractivity contribution in [2.75, 3.05) is 0 Å². The van der Waals surface area contributed by atoms with Crippen LogP contribution in [0.5, 0.6) is 0 Å². The molecule has 20 heavy (non-hydrogen) atoms. The zero-order valence-electron chi connectivity index (χ0n) is 11.4. The van der Waals surface area contributed by atoms with Crippen LogP contribution in [0.2, 0.25) is 0 Å². The summed E-state index contributed by atoms with van der Waals surface area (Å²) in [4.78, 5) is 10.3. The van der Waals surface area contributed by atoms with E-state index in [0.717, 1.165) is 5.56 Å². The van der Waals surface area contributed by atoms with Crippen LogP contribution in [0.1, 0.15) is 12.5 Å². The van der Waals surface area contributed by atoms with Crippen molar-refractivity contribution in [1.82, 2.24) is 0 Å². The lowest BCUT2D eigenvalue weighted by Gasteiger charge is -2.10. The molecule has 0 unspecified atom stereocenters. The van der Waals surface area contributed by atoms with Crippen molar-refractivity contribution in [3.8, 4) is 0 Å². The minimum atomic E-state index is 0.423. The van der Waals surface area contributed by atoms with E-state index in [4.69, 9.17) is 9.78 Å². The molecule has 100 valence electrons. The van der Waals surface area contributed by atoms with Crippen LogP contribution >= 0.6 is 0 Å². The van der Waals surface area contributed by atoms with Crippen molar-refractivity contribution in [3.63, 3.8) is 0 Å². The molecule has 2 nitrogen and oxygen atoms in total. The average molecular weight is 264 g/mol.